The van der Waals surface area contributed by atoms with Crippen molar-refractivity contribution >= 4 is 16.0 Å². The summed E-state index contributed by atoms with van der Waals surface area (Å²) in [5, 5.41) is 9.01. The van der Waals surface area contributed by atoms with Gasteiger partial charge in [0.2, 0.25) is 10.0 Å². The number of ether oxygens (including phenoxy) is 1. The molecule has 7 heteroatoms. The first-order valence-electron chi connectivity index (χ1n) is 6.32. The lowest BCUT2D eigenvalue weighted by atomic mass is 10.1. The maximum absolute atomic E-state index is 11.9. The number of nitrogens with one attached hydrogen (secondary N) is 1. The Morgan fingerprint density at radius 2 is 2.06 bits per heavy atom. The molecule has 2 rings (SSSR count). The Balaban J connectivity index is 1.92. The Hall–Kier alpha value is -0.660. The molecule has 0 bridgehead atoms. The second-order valence-electron chi connectivity index (χ2n) is 5.02. The van der Waals surface area contributed by atoms with Crippen LogP contribution in [0.15, 0.2) is 0 Å². The first kappa shape index (κ1) is 13.8. The average Bonchev–Trinajstić information content (AvgIpc) is 2.87. The van der Waals surface area contributed by atoms with Crippen LogP contribution in [0.2, 0.25) is 0 Å². The van der Waals surface area contributed by atoms with Crippen LogP contribution in [-0.2, 0) is 19.6 Å². The summed E-state index contributed by atoms with van der Waals surface area (Å²) in [5.41, 5.74) is 0. The Morgan fingerprint density at radius 3 is 2.67 bits per heavy atom. The molecule has 2 N–H and O–H groups in total. The molecule has 3 unspecified atom stereocenters. The van der Waals surface area contributed by atoms with Crippen LogP contribution in [0.3, 0.4) is 0 Å². The van der Waals surface area contributed by atoms with Gasteiger partial charge in [0.05, 0.1) is 17.8 Å². The monoisotopic (exact) mass is 277 g/mol. The van der Waals surface area contributed by atoms with Crippen LogP contribution in [0.1, 0.15) is 32.1 Å². The lowest BCUT2D eigenvalue weighted by Gasteiger charge is -2.19. The van der Waals surface area contributed by atoms with E-state index in [0.29, 0.717) is 19.4 Å². The van der Waals surface area contributed by atoms with Gasteiger partial charge >= 0.3 is 5.97 Å². The normalized spacial score (nSPS) is 32.8. The molecular formula is C11H19NO5S. The fraction of sp³-hybridized carbons (Fsp3) is 0.909. The average molecular weight is 277 g/mol. The second-order valence-corrected chi connectivity index (χ2v) is 6.81. The van der Waals surface area contributed by atoms with Crippen molar-refractivity contribution in [1.29, 1.82) is 0 Å². The second kappa shape index (κ2) is 5.54. The van der Waals surface area contributed by atoms with E-state index < -0.39 is 28.0 Å². The summed E-state index contributed by atoms with van der Waals surface area (Å²) in [4.78, 5) is 11.0. The summed E-state index contributed by atoms with van der Waals surface area (Å²) in [5.74, 6) is -1.57. The summed E-state index contributed by atoms with van der Waals surface area (Å²) in [6, 6.07) is -0.464. The highest BCUT2D eigenvalue weighted by Crippen LogP contribution is 2.26. The maximum Gasteiger partial charge on any atom is 0.308 e. The first-order chi connectivity index (χ1) is 8.48. The molecule has 0 aromatic rings. The fourth-order valence-corrected chi connectivity index (χ4v) is 4.29. The molecule has 1 aliphatic heterocycles. The van der Waals surface area contributed by atoms with Crippen LogP contribution in [0.5, 0.6) is 0 Å². The third-order valence-corrected chi connectivity index (χ3v) is 5.07. The predicted molar refractivity (Wildman–Crippen MR) is 64.7 cm³/mol. The van der Waals surface area contributed by atoms with Gasteiger partial charge in [0, 0.05) is 12.6 Å². The molecule has 1 heterocycles. The minimum atomic E-state index is -3.45. The number of hydrogen-bond donors (Lipinski definition) is 2. The van der Waals surface area contributed by atoms with Crippen molar-refractivity contribution < 1.29 is 23.1 Å². The van der Waals surface area contributed by atoms with Crippen molar-refractivity contribution in [3.8, 4) is 0 Å². The number of rotatable bonds is 5. The number of sulfonamides is 1. The van der Waals surface area contributed by atoms with E-state index in [1.807, 2.05) is 0 Å². The van der Waals surface area contributed by atoms with Crippen LogP contribution in [0.25, 0.3) is 0 Å². The number of carboxylic acid groups (broad SMARTS) is 1. The van der Waals surface area contributed by atoms with Gasteiger partial charge in [-0.25, -0.2) is 13.1 Å². The Morgan fingerprint density at radius 1 is 1.28 bits per heavy atom. The van der Waals surface area contributed by atoms with Crippen LogP contribution in [0, 0.1) is 5.92 Å². The van der Waals surface area contributed by atoms with Gasteiger partial charge < -0.3 is 9.84 Å². The van der Waals surface area contributed by atoms with Gasteiger partial charge in [-0.3, -0.25) is 4.79 Å². The molecule has 0 amide bonds. The molecule has 0 spiro atoms. The molecule has 18 heavy (non-hydrogen) atoms. The van der Waals surface area contributed by atoms with Crippen molar-refractivity contribution in [2.45, 2.75) is 44.2 Å². The Kier molecular flexibility index (Phi) is 4.24. The van der Waals surface area contributed by atoms with Crippen LogP contribution in [-0.4, -0.2) is 44.0 Å². The lowest BCUT2D eigenvalue weighted by molar-refractivity contribution is -0.141. The summed E-state index contributed by atoms with van der Waals surface area (Å²) in [6.45, 7) is 0.612. The van der Waals surface area contributed by atoms with Crippen molar-refractivity contribution in [3.05, 3.63) is 0 Å². The predicted octanol–water partition coefficient (Wildman–Crippen LogP) is 0.338. The number of hydrogen-bond acceptors (Lipinski definition) is 4. The third kappa shape index (κ3) is 3.43. The molecule has 1 saturated carbocycles. The number of carbonyl (C=O) groups is 1. The molecule has 1 saturated heterocycles. The number of aliphatic carboxylic acids is 1. The lowest BCUT2D eigenvalue weighted by Crippen LogP contribution is -2.42. The molecule has 1 aliphatic carbocycles. The standard InChI is InChI=1S/C11H19NO5S/c13-11(14)9-4-1-5-10(9)12-18(15,16)7-8-3-2-6-17-8/h8-10,12H,1-7H2,(H,13,14). The highest BCUT2D eigenvalue weighted by Gasteiger charge is 2.36. The van der Waals surface area contributed by atoms with Crippen LogP contribution >= 0.6 is 0 Å². The van der Waals surface area contributed by atoms with Gasteiger partial charge in [0.25, 0.3) is 0 Å². The highest BCUT2D eigenvalue weighted by atomic mass is 32.2. The molecule has 2 fully saturated rings. The zero-order chi connectivity index (χ0) is 13.2. The fourth-order valence-electron chi connectivity index (χ4n) is 2.70. The van der Waals surface area contributed by atoms with Crippen LogP contribution < -0.4 is 4.72 Å². The van der Waals surface area contributed by atoms with Crippen molar-refractivity contribution in [2.24, 2.45) is 5.92 Å². The maximum atomic E-state index is 11.9. The minimum absolute atomic E-state index is 0.0597. The van der Waals surface area contributed by atoms with Gasteiger partial charge in [0.1, 0.15) is 0 Å². The molecule has 3 atom stereocenters. The van der Waals surface area contributed by atoms with Gasteiger partial charge in [-0.15, -0.1) is 0 Å². The largest absolute Gasteiger partial charge is 0.481 e. The Labute approximate surface area is 107 Å². The summed E-state index contributed by atoms with van der Waals surface area (Å²) < 4.78 is 31.7. The quantitative estimate of drug-likeness (QED) is 0.756. The van der Waals surface area contributed by atoms with Crippen LogP contribution in [0.4, 0.5) is 0 Å². The van der Waals surface area contributed by atoms with Gasteiger partial charge in [-0.05, 0) is 25.7 Å². The van der Waals surface area contributed by atoms with Crippen molar-refractivity contribution in [2.75, 3.05) is 12.4 Å². The molecule has 0 aromatic heterocycles. The molecule has 2 aliphatic rings. The summed E-state index contributed by atoms with van der Waals surface area (Å²) in [7, 11) is -3.45. The highest BCUT2D eigenvalue weighted by molar-refractivity contribution is 7.89. The zero-order valence-electron chi connectivity index (χ0n) is 10.2. The van der Waals surface area contributed by atoms with E-state index in [9.17, 15) is 13.2 Å². The third-order valence-electron chi connectivity index (χ3n) is 3.59. The SMILES string of the molecule is O=C(O)C1CCCC1NS(=O)(=O)CC1CCCO1. The minimum Gasteiger partial charge on any atom is -0.481 e. The van der Waals surface area contributed by atoms with E-state index in [1.54, 1.807) is 0 Å². The first-order valence-corrected chi connectivity index (χ1v) is 7.97. The topological polar surface area (TPSA) is 92.7 Å². The van der Waals surface area contributed by atoms with E-state index in [-0.39, 0.29) is 11.9 Å². The van der Waals surface area contributed by atoms with E-state index in [2.05, 4.69) is 4.72 Å². The summed E-state index contributed by atoms with van der Waals surface area (Å²) >= 11 is 0. The summed E-state index contributed by atoms with van der Waals surface area (Å²) in [6.07, 6.45) is 3.30. The van der Waals surface area contributed by atoms with E-state index in [4.69, 9.17) is 9.84 Å². The smallest absolute Gasteiger partial charge is 0.308 e. The molecular weight excluding hydrogens is 258 g/mol. The number of carboxylic acids is 1. The van der Waals surface area contributed by atoms with Crippen molar-refractivity contribution in [3.63, 3.8) is 0 Å². The van der Waals surface area contributed by atoms with Crippen molar-refractivity contribution in [1.82, 2.24) is 4.72 Å². The molecule has 0 radical (unpaired) electrons. The molecule has 104 valence electrons. The zero-order valence-corrected chi connectivity index (χ0v) is 11.0. The Bertz CT molecular complexity index is 402. The molecule has 0 aromatic carbocycles. The van der Waals surface area contributed by atoms with E-state index in [0.717, 1.165) is 19.3 Å². The van der Waals surface area contributed by atoms with E-state index >= 15 is 0 Å². The van der Waals surface area contributed by atoms with E-state index in [1.165, 1.54) is 0 Å². The molecule has 6 nitrogen and oxygen atoms in total. The van der Waals surface area contributed by atoms with Gasteiger partial charge in [-0.2, -0.15) is 0 Å². The van der Waals surface area contributed by atoms with Gasteiger partial charge in [-0.1, -0.05) is 6.42 Å². The van der Waals surface area contributed by atoms with Gasteiger partial charge in [0.15, 0.2) is 0 Å².